The van der Waals surface area contributed by atoms with Crippen molar-refractivity contribution in [1.82, 2.24) is 5.32 Å². The van der Waals surface area contributed by atoms with Gasteiger partial charge in [0.15, 0.2) is 0 Å². The summed E-state index contributed by atoms with van der Waals surface area (Å²) in [5.41, 5.74) is -1.11. The monoisotopic (exact) mass is 573 g/mol. The molecular formula is C29H21F6N3O3. The summed E-state index contributed by atoms with van der Waals surface area (Å²) in [5.74, 6) is -3.19. The van der Waals surface area contributed by atoms with Crippen molar-refractivity contribution in [2.45, 2.75) is 37.2 Å². The number of Topliss-reactive ketones (excluding diaryl/α,β-unsaturated/α-hetero) is 2. The van der Waals surface area contributed by atoms with Gasteiger partial charge >= 0.3 is 18.4 Å². The van der Waals surface area contributed by atoms with Gasteiger partial charge in [-0.2, -0.15) is 31.6 Å². The average Bonchev–Trinajstić information content (AvgIpc) is 2.91. The van der Waals surface area contributed by atoms with Crippen LogP contribution >= 0.6 is 0 Å². The van der Waals surface area contributed by atoms with Gasteiger partial charge in [-0.05, 0) is 59.5 Å². The van der Waals surface area contributed by atoms with Gasteiger partial charge in [0.2, 0.25) is 0 Å². The molecule has 0 aliphatic heterocycles. The van der Waals surface area contributed by atoms with Crippen LogP contribution in [0.1, 0.15) is 52.6 Å². The first-order valence-corrected chi connectivity index (χ1v) is 12.2. The number of nitrogens with zero attached hydrogens (tertiary/aromatic N) is 1. The predicted molar refractivity (Wildman–Crippen MR) is 134 cm³/mol. The largest absolute Gasteiger partial charge is 0.416 e. The minimum absolute atomic E-state index is 0.181. The SMILES string of the molecule is N#Cc1ccc(C(NC(=O)Nc2cccc(C(F)(F)F)c2)C2C(=O)CC(c3ccc(C(F)(F)F)cc3)CC2=O)cc1. The van der Waals surface area contributed by atoms with E-state index in [4.69, 9.17) is 5.26 Å². The fraction of sp³-hybridized carbons (Fsp3) is 0.241. The normalized spacial score (nSPS) is 18.4. The van der Waals surface area contributed by atoms with Crippen LogP contribution in [0.25, 0.3) is 0 Å². The van der Waals surface area contributed by atoms with Gasteiger partial charge in [-0.1, -0.05) is 30.3 Å². The lowest BCUT2D eigenvalue weighted by Crippen LogP contribution is -2.45. The molecule has 212 valence electrons. The van der Waals surface area contributed by atoms with Crippen LogP contribution in [-0.4, -0.2) is 17.6 Å². The predicted octanol–water partition coefficient (Wildman–Crippen LogP) is 6.79. The molecule has 1 aliphatic carbocycles. The van der Waals surface area contributed by atoms with Crippen molar-refractivity contribution in [2.75, 3.05) is 5.32 Å². The zero-order valence-corrected chi connectivity index (χ0v) is 21.0. The summed E-state index contributed by atoms with van der Waals surface area (Å²) in [6, 6.07) is 13.5. The molecule has 0 heterocycles. The van der Waals surface area contributed by atoms with E-state index in [0.717, 1.165) is 30.3 Å². The molecule has 0 spiro atoms. The summed E-state index contributed by atoms with van der Waals surface area (Å²) < 4.78 is 78.0. The van der Waals surface area contributed by atoms with E-state index in [1.807, 2.05) is 6.07 Å². The third-order valence-electron chi connectivity index (χ3n) is 6.76. The van der Waals surface area contributed by atoms with Crippen molar-refractivity contribution in [3.8, 4) is 6.07 Å². The number of carbonyl (C=O) groups is 3. The number of anilines is 1. The van der Waals surface area contributed by atoms with Gasteiger partial charge in [0.25, 0.3) is 0 Å². The number of ketones is 2. The van der Waals surface area contributed by atoms with Crippen LogP contribution in [0.2, 0.25) is 0 Å². The van der Waals surface area contributed by atoms with Crippen LogP contribution in [0, 0.1) is 17.2 Å². The Hall–Kier alpha value is -4.66. The number of hydrogen-bond acceptors (Lipinski definition) is 4. The number of rotatable bonds is 5. The fourth-order valence-corrected chi connectivity index (χ4v) is 4.75. The number of urea groups is 1. The third kappa shape index (κ3) is 6.92. The molecule has 1 fully saturated rings. The minimum Gasteiger partial charge on any atom is -0.330 e. The first-order valence-electron chi connectivity index (χ1n) is 12.2. The number of alkyl halides is 6. The zero-order chi connectivity index (χ0) is 29.9. The second-order valence-corrected chi connectivity index (χ2v) is 9.52. The molecule has 1 unspecified atom stereocenters. The van der Waals surface area contributed by atoms with Crippen molar-refractivity contribution >= 4 is 23.3 Å². The van der Waals surface area contributed by atoms with E-state index in [0.29, 0.717) is 11.1 Å². The Labute approximate surface area is 230 Å². The molecule has 0 radical (unpaired) electrons. The smallest absolute Gasteiger partial charge is 0.330 e. The number of benzene rings is 3. The van der Waals surface area contributed by atoms with Crippen LogP contribution in [0.5, 0.6) is 0 Å². The van der Waals surface area contributed by atoms with Crippen LogP contribution in [0.15, 0.2) is 72.8 Å². The standard InChI is InChI=1S/C29H21F6N3O3/c30-28(31,32)20-10-8-17(9-11-20)19-12-23(39)25(24(40)13-19)26(18-6-4-16(15-36)5-7-18)38-27(41)37-22-3-1-2-21(14-22)29(33,34)35/h1-11,14,19,25-26H,12-13H2,(H2,37,38,41). The Morgan fingerprint density at radius 3 is 1.95 bits per heavy atom. The van der Waals surface area contributed by atoms with Crippen molar-refractivity contribution in [2.24, 2.45) is 5.92 Å². The zero-order valence-electron chi connectivity index (χ0n) is 21.0. The van der Waals surface area contributed by atoms with Crippen LogP contribution in [0.4, 0.5) is 36.8 Å². The first kappa shape index (κ1) is 29.3. The number of carbonyl (C=O) groups excluding carboxylic acids is 3. The first-order chi connectivity index (χ1) is 19.3. The molecule has 2 N–H and O–H groups in total. The molecule has 6 nitrogen and oxygen atoms in total. The van der Waals surface area contributed by atoms with E-state index in [-0.39, 0.29) is 24.1 Å². The highest BCUT2D eigenvalue weighted by Crippen LogP contribution is 2.38. The molecule has 3 aromatic rings. The fourth-order valence-electron chi connectivity index (χ4n) is 4.75. The van der Waals surface area contributed by atoms with Gasteiger partial charge in [-0.15, -0.1) is 0 Å². The molecule has 1 atom stereocenters. The number of amides is 2. The van der Waals surface area contributed by atoms with E-state index >= 15 is 0 Å². The number of halogens is 6. The molecule has 1 saturated carbocycles. The lowest BCUT2D eigenvalue weighted by molar-refractivity contribution is -0.139. The van der Waals surface area contributed by atoms with Crippen LogP contribution < -0.4 is 10.6 Å². The quantitative estimate of drug-likeness (QED) is 0.259. The van der Waals surface area contributed by atoms with E-state index in [9.17, 15) is 40.7 Å². The number of nitrogens with one attached hydrogen (secondary N) is 2. The molecule has 0 bridgehead atoms. The molecule has 12 heteroatoms. The highest BCUT2D eigenvalue weighted by molar-refractivity contribution is 6.06. The van der Waals surface area contributed by atoms with Crippen molar-refractivity contribution < 1.29 is 40.7 Å². The highest BCUT2D eigenvalue weighted by Gasteiger charge is 2.42. The third-order valence-corrected chi connectivity index (χ3v) is 6.76. The summed E-state index contributed by atoms with van der Waals surface area (Å²) in [4.78, 5) is 39.5. The highest BCUT2D eigenvalue weighted by atomic mass is 19.4. The van der Waals surface area contributed by atoms with Gasteiger partial charge in [0.05, 0.1) is 28.8 Å². The maximum Gasteiger partial charge on any atom is 0.416 e. The average molecular weight is 573 g/mol. The number of hydrogen-bond donors (Lipinski definition) is 2. The second-order valence-electron chi connectivity index (χ2n) is 9.52. The number of nitriles is 1. The maximum atomic E-state index is 13.3. The van der Waals surface area contributed by atoms with E-state index in [2.05, 4.69) is 10.6 Å². The van der Waals surface area contributed by atoms with Crippen molar-refractivity contribution in [3.63, 3.8) is 0 Å². The van der Waals surface area contributed by atoms with Crippen LogP contribution in [0.3, 0.4) is 0 Å². The molecule has 4 rings (SSSR count). The Morgan fingerprint density at radius 2 is 1.41 bits per heavy atom. The Kier molecular flexibility index (Phi) is 8.19. The van der Waals surface area contributed by atoms with Gasteiger partial charge in [0, 0.05) is 18.5 Å². The molecule has 3 aromatic carbocycles. The summed E-state index contributed by atoms with van der Waals surface area (Å²) >= 11 is 0. The summed E-state index contributed by atoms with van der Waals surface area (Å²) in [7, 11) is 0. The lowest BCUT2D eigenvalue weighted by atomic mass is 9.72. The molecule has 41 heavy (non-hydrogen) atoms. The molecule has 1 aliphatic rings. The molecular weight excluding hydrogens is 552 g/mol. The maximum absolute atomic E-state index is 13.3. The van der Waals surface area contributed by atoms with E-state index in [1.54, 1.807) is 0 Å². The van der Waals surface area contributed by atoms with Gasteiger partial charge < -0.3 is 10.6 Å². The lowest BCUT2D eigenvalue weighted by Gasteiger charge is -2.32. The van der Waals surface area contributed by atoms with Gasteiger partial charge in [-0.25, -0.2) is 4.79 Å². The topological polar surface area (TPSA) is 99.1 Å². The molecule has 0 aromatic heterocycles. The van der Waals surface area contributed by atoms with Crippen molar-refractivity contribution in [3.05, 3.63) is 101 Å². The Bertz CT molecular complexity index is 1470. The summed E-state index contributed by atoms with van der Waals surface area (Å²) in [5, 5.41) is 13.9. The molecule has 0 saturated heterocycles. The van der Waals surface area contributed by atoms with Crippen LogP contribution in [-0.2, 0) is 21.9 Å². The minimum atomic E-state index is -4.65. The Balaban J connectivity index is 1.57. The summed E-state index contributed by atoms with van der Waals surface area (Å²) in [6.45, 7) is 0. The van der Waals surface area contributed by atoms with E-state index < -0.39 is 59.0 Å². The van der Waals surface area contributed by atoms with Gasteiger partial charge in [-0.3, -0.25) is 9.59 Å². The summed E-state index contributed by atoms with van der Waals surface area (Å²) in [6.07, 6.45) is -9.57. The van der Waals surface area contributed by atoms with E-state index in [1.165, 1.54) is 42.5 Å². The molecule has 2 amide bonds. The second kappa shape index (κ2) is 11.4. The van der Waals surface area contributed by atoms with Gasteiger partial charge in [0.1, 0.15) is 17.5 Å². The van der Waals surface area contributed by atoms with Crippen molar-refractivity contribution in [1.29, 1.82) is 5.26 Å². The Morgan fingerprint density at radius 1 is 0.829 bits per heavy atom.